The highest BCUT2D eigenvalue weighted by molar-refractivity contribution is 4.95. The molecule has 1 aliphatic rings. The fourth-order valence-electron chi connectivity index (χ4n) is 2.49. The molecule has 0 saturated carbocycles. The number of ether oxygens (including phenoxy) is 1. The van der Waals surface area contributed by atoms with Gasteiger partial charge in [0.1, 0.15) is 24.4 Å². The van der Waals surface area contributed by atoms with Gasteiger partial charge in [0.15, 0.2) is 0 Å². The Morgan fingerprint density at radius 2 is 1.68 bits per heavy atom. The van der Waals surface area contributed by atoms with Gasteiger partial charge in [-0.05, 0) is 19.8 Å². The largest absolute Gasteiger partial charge is 0.396 e. The van der Waals surface area contributed by atoms with E-state index in [9.17, 15) is 20.4 Å². The van der Waals surface area contributed by atoms with Crippen molar-refractivity contribution < 1.29 is 35.4 Å². The molecule has 7 nitrogen and oxygen atoms in total. The summed E-state index contributed by atoms with van der Waals surface area (Å²) in [4.78, 5) is 0. The van der Waals surface area contributed by atoms with Gasteiger partial charge in [-0.25, -0.2) is 0 Å². The Balaban J connectivity index is 2.82. The molecule has 0 aromatic heterocycles. The zero-order valence-electron chi connectivity index (χ0n) is 11.0. The standard InChI is InChI=1S/C12H24O7/c1-6(15)7(3-2-4-13)12-11(18)10(17)9(16)8(5-14)19-12/h6-18H,2-5H2,1H3/t6?,7?,8-,9-,10+,11-,12+/m1/s1. The number of rotatable bonds is 6. The van der Waals surface area contributed by atoms with Crippen molar-refractivity contribution in [3.05, 3.63) is 0 Å². The molecule has 0 aromatic rings. The van der Waals surface area contributed by atoms with Crippen LogP contribution in [-0.4, -0.2) is 80.5 Å². The van der Waals surface area contributed by atoms with Crippen LogP contribution < -0.4 is 0 Å². The lowest BCUT2D eigenvalue weighted by Gasteiger charge is -2.44. The molecule has 0 aliphatic carbocycles. The van der Waals surface area contributed by atoms with Crippen LogP contribution in [0.25, 0.3) is 0 Å². The molecule has 1 heterocycles. The maximum absolute atomic E-state index is 9.95. The Labute approximate surface area is 112 Å². The quantitative estimate of drug-likeness (QED) is 0.320. The van der Waals surface area contributed by atoms with Gasteiger partial charge in [0.25, 0.3) is 0 Å². The van der Waals surface area contributed by atoms with Crippen molar-refractivity contribution >= 4 is 0 Å². The summed E-state index contributed by atoms with van der Waals surface area (Å²) in [5, 5.41) is 57.0. The Morgan fingerprint density at radius 3 is 2.16 bits per heavy atom. The van der Waals surface area contributed by atoms with Crippen molar-refractivity contribution in [2.24, 2.45) is 5.92 Å². The van der Waals surface area contributed by atoms with Crippen molar-refractivity contribution in [2.75, 3.05) is 13.2 Å². The van der Waals surface area contributed by atoms with Gasteiger partial charge in [-0.2, -0.15) is 0 Å². The monoisotopic (exact) mass is 280 g/mol. The lowest BCUT2D eigenvalue weighted by Crippen LogP contribution is -2.61. The molecule has 0 spiro atoms. The van der Waals surface area contributed by atoms with Gasteiger partial charge in [-0.1, -0.05) is 0 Å². The third-order valence-electron chi connectivity index (χ3n) is 3.67. The van der Waals surface area contributed by atoms with Crippen LogP contribution in [0.5, 0.6) is 0 Å². The predicted molar refractivity (Wildman–Crippen MR) is 65.3 cm³/mol. The number of aliphatic hydroxyl groups is 6. The van der Waals surface area contributed by atoms with E-state index in [1.807, 2.05) is 0 Å². The number of hydrogen-bond donors (Lipinski definition) is 6. The van der Waals surface area contributed by atoms with Crippen molar-refractivity contribution in [3.63, 3.8) is 0 Å². The minimum Gasteiger partial charge on any atom is -0.396 e. The molecule has 7 heteroatoms. The molecule has 1 aliphatic heterocycles. The summed E-state index contributed by atoms with van der Waals surface area (Å²) < 4.78 is 5.40. The summed E-state index contributed by atoms with van der Waals surface area (Å²) in [6, 6.07) is 0. The van der Waals surface area contributed by atoms with Gasteiger partial charge in [0, 0.05) is 12.5 Å². The van der Waals surface area contributed by atoms with E-state index in [1.54, 1.807) is 0 Å². The Kier molecular flexibility index (Phi) is 6.61. The second-order valence-corrected chi connectivity index (χ2v) is 5.06. The maximum atomic E-state index is 9.95. The average molecular weight is 280 g/mol. The first-order valence-corrected chi connectivity index (χ1v) is 6.53. The first-order valence-electron chi connectivity index (χ1n) is 6.53. The number of hydrogen-bond acceptors (Lipinski definition) is 7. The summed E-state index contributed by atoms with van der Waals surface area (Å²) in [5.41, 5.74) is 0. The lowest BCUT2D eigenvalue weighted by molar-refractivity contribution is -0.248. The highest BCUT2D eigenvalue weighted by Gasteiger charge is 2.46. The van der Waals surface area contributed by atoms with E-state index in [0.717, 1.165) is 0 Å². The molecule has 6 N–H and O–H groups in total. The van der Waals surface area contributed by atoms with Crippen LogP contribution in [0.15, 0.2) is 0 Å². The lowest BCUT2D eigenvalue weighted by atomic mass is 9.83. The fraction of sp³-hybridized carbons (Fsp3) is 1.00. The molecule has 114 valence electrons. The van der Waals surface area contributed by atoms with E-state index in [4.69, 9.17) is 14.9 Å². The van der Waals surface area contributed by atoms with Crippen LogP contribution in [0.4, 0.5) is 0 Å². The van der Waals surface area contributed by atoms with Crippen LogP contribution in [0.2, 0.25) is 0 Å². The second kappa shape index (κ2) is 7.49. The van der Waals surface area contributed by atoms with Crippen molar-refractivity contribution in [1.82, 2.24) is 0 Å². The van der Waals surface area contributed by atoms with Crippen molar-refractivity contribution in [3.8, 4) is 0 Å². The van der Waals surface area contributed by atoms with Crippen LogP contribution >= 0.6 is 0 Å². The first-order chi connectivity index (χ1) is 8.93. The highest BCUT2D eigenvalue weighted by Crippen LogP contribution is 2.30. The summed E-state index contributed by atoms with van der Waals surface area (Å²) >= 11 is 0. The third kappa shape index (κ3) is 3.85. The summed E-state index contributed by atoms with van der Waals surface area (Å²) in [6.45, 7) is 0.984. The van der Waals surface area contributed by atoms with E-state index in [1.165, 1.54) is 6.92 Å². The zero-order valence-corrected chi connectivity index (χ0v) is 11.0. The van der Waals surface area contributed by atoms with Crippen molar-refractivity contribution in [1.29, 1.82) is 0 Å². The molecule has 1 fully saturated rings. The Morgan fingerprint density at radius 1 is 1.05 bits per heavy atom. The Hall–Kier alpha value is -0.280. The van der Waals surface area contributed by atoms with Gasteiger partial charge < -0.3 is 35.4 Å². The first kappa shape index (κ1) is 16.8. The molecule has 0 amide bonds. The number of aliphatic hydroxyl groups excluding tert-OH is 6. The van der Waals surface area contributed by atoms with E-state index >= 15 is 0 Å². The molecule has 0 bridgehead atoms. The van der Waals surface area contributed by atoms with E-state index in [-0.39, 0.29) is 6.61 Å². The minimum absolute atomic E-state index is 0.0549. The topological polar surface area (TPSA) is 131 Å². The molecule has 2 unspecified atom stereocenters. The SMILES string of the molecule is CC(O)C(CCCO)[C@@H]1O[C@H](CO)[C@@H](O)[C@H](O)[C@H]1O. The van der Waals surface area contributed by atoms with Crippen LogP contribution in [0.3, 0.4) is 0 Å². The van der Waals surface area contributed by atoms with Crippen LogP contribution in [-0.2, 0) is 4.74 Å². The molecule has 0 aromatic carbocycles. The van der Waals surface area contributed by atoms with Gasteiger partial charge in [-0.3, -0.25) is 0 Å². The second-order valence-electron chi connectivity index (χ2n) is 5.06. The highest BCUT2D eigenvalue weighted by atomic mass is 16.5. The summed E-state index contributed by atoms with van der Waals surface area (Å²) in [5.74, 6) is -0.502. The average Bonchev–Trinajstić information content (AvgIpc) is 2.38. The molecular weight excluding hydrogens is 256 g/mol. The van der Waals surface area contributed by atoms with Crippen LogP contribution in [0, 0.1) is 5.92 Å². The fourth-order valence-corrected chi connectivity index (χ4v) is 2.49. The van der Waals surface area contributed by atoms with Crippen molar-refractivity contribution in [2.45, 2.75) is 56.4 Å². The Bertz CT molecular complexity index is 258. The summed E-state index contributed by atoms with van der Waals surface area (Å²) in [7, 11) is 0. The van der Waals surface area contributed by atoms with E-state index < -0.39 is 49.1 Å². The molecule has 1 saturated heterocycles. The maximum Gasteiger partial charge on any atom is 0.111 e. The van der Waals surface area contributed by atoms with Gasteiger partial charge >= 0.3 is 0 Å². The van der Waals surface area contributed by atoms with Gasteiger partial charge in [0.05, 0.1) is 18.8 Å². The van der Waals surface area contributed by atoms with E-state index in [2.05, 4.69) is 0 Å². The van der Waals surface area contributed by atoms with Gasteiger partial charge in [0.2, 0.25) is 0 Å². The predicted octanol–water partition coefficient (Wildman–Crippen LogP) is -2.40. The normalized spacial score (nSPS) is 39.0. The van der Waals surface area contributed by atoms with E-state index in [0.29, 0.717) is 12.8 Å². The summed E-state index contributed by atoms with van der Waals surface area (Å²) in [6.07, 6.45) is -6.05. The smallest absolute Gasteiger partial charge is 0.111 e. The van der Waals surface area contributed by atoms with Gasteiger partial charge in [-0.15, -0.1) is 0 Å². The van der Waals surface area contributed by atoms with Crippen LogP contribution in [0.1, 0.15) is 19.8 Å². The molecular formula is C12H24O7. The third-order valence-corrected chi connectivity index (χ3v) is 3.67. The molecule has 1 rings (SSSR count). The molecule has 7 atom stereocenters. The minimum atomic E-state index is -1.44. The molecule has 19 heavy (non-hydrogen) atoms. The zero-order chi connectivity index (χ0) is 14.6. The molecule has 0 radical (unpaired) electrons.